The van der Waals surface area contributed by atoms with Crippen molar-refractivity contribution in [2.75, 3.05) is 0 Å². The van der Waals surface area contributed by atoms with Gasteiger partial charge < -0.3 is 81.6 Å². The Kier molecular flexibility index (Phi) is 30.0. The maximum atomic E-state index is 12.2. The van der Waals surface area contributed by atoms with E-state index in [4.69, 9.17) is 0 Å². The van der Waals surface area contributed by atoms with Crippen LogP contribution in [0.1, 0.15) is 226 Å². The molecule has 0 spiro atoms. The van der Waals surface area contributed by atoms with Crippen molar-refractivity contribution in [3.8, 4) is 91.1 Å². The summed E-state index contributed by atoms with van der Waals surface area (Å²) in [7, 11) is 0. The summed E-state index contributed by atoms with van der Waals surface area (Å²) in [6, 6.07) is 59.9. The number of pyridine rings is 8. The van der Waals surface area contributed by atoms with E-state index in [9.17, 15) is 26.3 Å². The van der Waals surface area contributed by atoms with Gasteiger partial charge in [-0.05, 0) is 241 Å². The predicted molar refractivity (Wildman–Crippen MR) is 513 cm³/mol. The molecule has 0 radical (unpaired) electrons. The van der Waals surface area contributed by atoms with Crippen LogP contribution in [0.4, 0.5) is 26.3 Å². The van der Waals surface area contributed by atoms with Crippen LogP contribution < -0.4 is 40.8 Å². The van der Waals surface area contributed by atoms with Crippen LogP contribution in [0.2, 0.25) is 0 Å². The van der Waals surface area contributed by atoms with Crippen molar-refractivity contribution in [1.29, 1.82) is 0 Å². The van der Waals surface area contributed by atoms with Gasteiger partial charge in [0.15, 0.2) is 0 Å². The zero-order valence-electron chi connectivity index (χ0n) is 80.3. The van der Waals surface area contributed by atoms with Gasteiger partial charge in [-0.1, -0.05) is 226 Å². The molecule has 736 valence electrons. The molecule has 0 N–H and O–H groups in total. The van der Waals surface area contributed by atoms with E-state index in [2.05, 4.69) is 253 Å². The van der Waals surface area contributed by atoms with Gasteiger partial charge in [-0.25, -0.2) is 0 Å². The van der Waals surface area contributed by atoms with Crippen molar-refractivity contribution in [3.63, 3.8) is 0 Å². The maximum absolute atomic E-state index is 12.2. The average molecular weight is 2630 g/mol. The number of aromatic nitrogens is 24. The third-order valence-electron chi connectivity index (χ3n) is 31.7. The van der Waals surface area contributed by atoms with Crippen LogP contribution in [-0.4, -0.2) is 80.7 Å². The van der Waals surface area contributed by atoms with E-state index in [0.717, 1.165) is 91.8 Å². The van der Waals surface area contributed by atoms with Crippen LogP contribution in [0, 0.1) is 35.5 Å². The number of hydrogen-bond donors (Lipinski definition) is 0. The molecule has 2 aromatic carbocycles. The van der Waals surface area contributed by atoms with E-state index < -0.39 is 23.7 Å². The molecule has 8 atom stereocenters. The summed E-state index contributed by atoms with van der Waals surface area (Å²) in [5.74, 6) is 2.28. The van der Waals surface area contributed by atoms with E-state index in [1.54, 1.807) is 48.8 Å². The van der Waals surface area contributed by atoms with Crippen molar-refractivity contribution in [2.24, 2.45) is 21.7 Å². The van der Waals surface area contributed by atoms with E-state index in [-0.39, 0.29) is 139 Å². The monoisotopic (exact) mass is 2630 g/mol. The molecular formula is C108H102F6N24Pt4. The number of nitrogens with zero attached hydrogens (tertiary/aromatic N) is 24. The van der Waals surface area contributed by atoms with E-state index in [1.165, 1.54) is 130 Å². The third-order valence-corrected chi connectivity index (χ3v) is 31.7. The molecule has 24 nitrogen and oxygen atoms in total. The standard InChI is InChI=1S/2C20H20N3.2C16H18N3.2C9H5F3N3.2C9H8N3.4Pt/c2*1-19(2)14-8-9-20(19,3)18-16(14)17(22-23-18)15-10-12-6-4-5-7-13(12)11-21-15;2*1-15(2)10-7-8-16(15,3)14-12(10)13(18-19-14)11-6-4-5-9-17-11;2*10-9(11,12)8-5-7(14-15-8)6-3-1-2-4-13-6;2*1-7-6-9(12-11-7)8-4-2-3-5-10-8;;;;/h2*4-7,10-11,14H,8-9H2,1-3H3;2*4-6,9-10H,7-8H2,1-3H3;2*1-5H;2*2-6H,1H3;;;;/q8*-1;4*+2. The Morgan fingerprint density at radius 1 is 0.254 bits per heavy atom. The number of hydrogen-bond acceptors (Lipinski definition) is 16. The summed E-state index contributed by atoms with van der Waals surface area (Å²) < 4.78 is 73.2. The van der Waals surface area contributed by atoms with E-state index in [1.807, 2.05) is 136 Å². The number of rotatable bonds is 8. The first kappa shape index (κ1) is 104. The molecular weight excluding hydrogens is 2530 g/mol. The summed E-state index contributed by atoms with van der Waals surface area (Å²) >= 11 is 0. The molecule has 16 heterocycles. The first-order chi connectivity index (χ1) is 66.0. The summed E-state index contributed by atoms with van der Waals surface area (Å²) in [5.41, 5.74) is 24.4. The second kappa shape index (κ2) is 40.8. The van der Waals surface area contributed by atoms with Crippen molar-refractivity contribution in [2.45, 2.75) is 206 Å². The van der Waals surface area contributed by atoms with Gasteiger partial charge in [-0.3, -0.25) is 39.9 Å². The van der Waals surface area contributed by atoms with Gasteiger partial charge in [0.2, 0.25) is 0 Å². The topological polar surface area (TPSA) is 319 Å². The molecule has 18 aromatic rings. The molecule has 4 saturated carbocycles. The van der Waals surface area contributed by atoms with Crippen molar-refractivity contribution < 1.29 is 111 Å². The molecule has 34 heteroatoms. The van der Waals surface area contributed by atoms with Crippen LogP contribution in [0.15, 0.2) is 244 Å². The Balaban J connectivity index is 0.000000123. The molecule has 8 aliphatic rings. The van der Waals surface area contributed by atoms with Gasteiger partial charge in [0, 0.05) is 150 Å². The van der Waals surface area contributed by atoms with Crippen molar-refractivity contribution >= 4 is 21.5 Å². The third kappa shape index (κ3) is 18.8. The molecule has 0 aliphatic heterocycles. The first-order valence-electron chi connectivity index (χ1n) is 46.5. The maximum Gasteiger partial charge on any atom is 2.00 e. The van der Waals surface area contributed by atoms with E-state index >= 15 is 0 Å². The molecule has 0 amide bonds. The summed E-state index contributed by atoms with van der Waals surface area (Å²) in [5, 5.41) is 69.7. The number of fused-ring (bicyclic) bond motifs is 22. The van der Waals surface area contributed by atoms with Crippen molar-refractivity contribution in [1.82, 2.24) is 121 Å². The molecule has 142 heavy (non-hydrogen) atoms. The van der Waals surface area contributed by atoms with Gasteiger partial charge in [0.1, 0.15) is 11.4 Å². The fraction of sp³-hybridized carbons (Fsp3) is 0.333. The van der Waals surface area contributed by atoms with E-state index in [0.29, 0.717) is 35.1 Å². The van der Waals surface area contributed by atoms with Crippen LogP contribution in [-0.2, 0) is 118 Å². The van der Waals surface area contributed by atoms with Gasteiger partial charge in [0.25, 0.3) is 0 Å². The Bertz CT molecular complexity index is 6950. The average Bonchev–Trinajstić information content (AvgIpc) is 1.54. The number of halogens is 6. The fourth-order valence-corrected chi connectivity index (χ4v) is 22.3. The van der Waals surface area contributed by atoms with Gasteiger partial charge >= 0.3 is 96.6 Å². The molecule has 4 fully saturated rings. The van der Waals surface area contributed by atoms with Gasteiger partial charge in [-0.15, -0.1) is 0 Å². The largest absolute Gasteiger partial charge is 2.00 e. The van der Waals surface area contributed by atoms with Crippen LogP contribution in [0.5, 0.6) is 0 Å². The smallest absolute Gasteiger partial charge is 0.574 e. The normalized spacial score (nSPS) is 21.3. The minimum absolute atomic E-state index is 0. The van der Waals surface area contributed by atoms with Crippen molar-refractivity contribution in [3.05, 3.63) is 312 Å². The number of alkyl halides is 6. The minimum atomic E-state index is -4.46. The Morgan fingerprint density at radius 3 is 0.718 bits per heavy atom. The molecule has 26 rings (SSSR count). The predicted octanol–water partition coefficient (Wildman–Crippen LogP) is 22.5. The van der Waals surface area contributed by atoms with Crippen LogP contribution in [0.25, 0.3) is 113 Å². The first-order valence-corrected chi connectivity index (χ1v) is 46.5. The summed E-state index contributed by atoms with van der Waals surface area (Å²) in [4.78, 5) is 34.3. The second-order valence-electron chi connectivity index (χ2n) is 39.9. The van der Waals surface area contributed by atoms with Crippen LogP contribution >= 0.6 is 0 Å². The van der Waals surface area contributed by atoms with Gasteiger partial charge in [0.05, 0.1) is 11.4 Å². The van der Waals surface area contributed by atoms with Gasteiger partial charge in [-0.2, -0.15) is 26.3 Å². The fourth-order valence-electron chi connectivity index (χ4n) is 22.3. The molecule has 8 aliphatic carbocycles. The minimum Gasteiger partial charge on any atom is -0.574 e. The quantitative estimate of drug-likeness (QED) is 0.128. The molecule has 16 aromatic heterocycles. The zero-order chi connectivity index (χ0) is 96.7. The van der Waals surface area contributed by atoms with Crippen LogP contribution in [0.3, 0.4) is 0 Å². The molecule has 8 bridgehead atoms. The summed E-state index contributed by atoms with van der Waals surface area (Å²) in [6.07, 6.45) is 15.0. The Labute approximate surface area is 876 Å². The Morgan fingerprint density at radius 2 is 0.486 bits per heavy atom. The number of aryl methyl sites for hydroxylation is 2. The zero-order valence-corrected chi connectivity index (χ0v) is 89.4. The number of benzene rings is 2. The molecule has 0 saturated heterocycles. The second-order valence-corrected chi connectivity index (χ2v) is 39.9. The SMILES string of the molecule is CC12CCC(c3c1n[n-]c3-c1cc3ccccc3cn1)C2(C)C.CC12CCC(c3c1n[n-]c3-c1cc3ccccc3cn1)C2(C)C.CC12CCC(c3c1n[n-]c3-c1ccccn1)C2(C)C.CC12CCC(c3c1n[n-]c3-c1ccccn1)C2(C)C.Cc1cc(-c2ccccn2)[n-]n1.Cc1cc(-c2ccccn2)[n-]n1.FC(F)(F)c1cc(-c2ccccn2)[n-]n1.FC(F)(F)c1cc(-c2ccccn2)[n-]n1.[Pt+2].[Pt+2].[Pt+2].[Pt+2]. The molecule has 8 unspecified atom stereocenters. The summed E-state index contributed by atoms with van der Waals surface area (Å²) in [6.45, 7) is 32.4. The Hall–Kier alpha value is -11.8.